The number of carbonyl (C=O) groups excluding carboxylic acids is 1. The summed E-state index contributed by atoms with van der Waals surface area (Å²) in [4.78, 5) is 19.5. The minimum atomic E-state index is -4.45. The minimum absolute atomic E-state index is 0.198. The number of anilines is 1. The summed E-state index contributed by atoms with van der Waals surface area (Å²) in [7, 11) is 1.90. The van der Waals surface area contributed by atoms with Gasteiger partial charge >= 0.3 is 6.18 Å². The molecule has 0 radical (unpaired) electrons. The van der Waals surface area contributed by atoms with Crippen molar-refractivity contribution in [3.63, 3.8) is 0 Å². The third-order valence-corrected chi connectivity index (χ3v) is 8.36. The maximum atomic E-state index is 14.8. The molecule has 1 amide bonds. The van der Waals surface area contributed by atoms with Crippen LogP contribution in [0.5, 0.6) is 0 Å². The van der Waals surface area contributed by atoms with Crippen LogP contribution in [0.3, 0.4) is 0 Å². The van der Waals surface area contributed by atoms with E-state index in [1.54, 1.807) is 48.7 Å². The van der Waals surface area contributed by atoms with E-state index in [9.17, 15) is 22.4 Å². The first kappa shape index (κ1) is 28.1. The Bertz CT molecular complexity index is 1470. The number of amides is 1. The van der Waals surface area contributed by atoms with Gasteiger partial charge in [-0.2, -0.15) is 13.2 Å². The van der Waals surface area contributed by atoms with E-state index in [1.165, 1.54) is 15.9 Å². The van der Waals surface area contributed by atoms with Crippen molar-refractivity contribution in [2.24, 2.45) is 5.92 Å². The van der Waals surface area contributed by atoms with Crippen molar-refractivity contribution in [2.75, 3.05) is 25.5 Å². The lowest BCUT2D eigenvalue weighted by Crippen LogP contribution is -2.45. The maximum Gasteiger partial charge on any atom is 0.406 e. The average molecular weight is 574 g/mol. The summed E-state index contributed by atoms with van der Waals surface area (Å²) in [5.41, 5.74) is 1.93. The molecule has 0 spiro atoms. The standard InChI is InChI=1S/C29H31F4N5OS/c1-18(21-11-12-37(2)16-23(21)30)36-24-9-6-10-25-22(24)13-26(38(25)17-29(31,32)33)28-35-15-20(40-28)14-34-27(39)19-7-4-3-5-8-19/h3-10,13,15,18,21,23,36H,11-12,14,16-17H2,1-2H3,(H,34,39)/t18-,21-,23-/m0/s1. The Hall–Kier alpha value is -3.44. The van der Waals surface area contributed by atoms with Gasteiger partial charge in [0, 0.05) is 46.2 Å². The summed E-state index contributed by atoms with van der Waals surface area (Å²) in [5, 5.41) is 7.26. The molecule has 40 heavy (non-hydrogen) atoms. The van der Waals surface area contributed by atoms with Crippen molar-refractivity contribution >= 4 is 33.8 Å². The molecule has 6 nitrogen and oxygen atoms in total. The highest BCUT2D eigenvalue weighted by Gasteiger charge is 2.33. The Balaban J connectivity index is 1.42. The minimum Gasteiger partial charge on any atom is -0.382 e. The van der Waals surface area contributed by atoms with Crippen LogP contribution >= 0.6 is 11.3 Å². The zero-order valence-corrected chi connectivity index (χ0v) is 23.0. The molecule has 0 aliphatic carbocycles. The molecule has 0 saturated carbocycles. The molecule has 0 bridgehead atoms. The summed E-state index contributed by atoms with van der Waals surface area (Å²) in [6.07, 6.45) is -3.16. The fourth-order valence-corrected chi connectivity index (χ4v) is 6.17. The molecule has 4 aromatic rings. The van der Waals surface area contributed by atoms with Gasteiger partial charge in [-0.1, -0.05) is 24.3 Å². The second-order valence-corrected chi connectivity index (χ2v) is 11.4. The SMILES string of the molecule is C[C@H](Nc1cccc2c1cc(-c1ncc(CNC(=O)c3ccccc3)s1)n2CC(F)(F)F)[C@@H]1CCN(C)C[C@@H]1F. The van der Waals surface area contributed by atoms with Gasteiger partial charge < -0.3 is 20.1 Å². The number of alkyl halides is 4. The van der Waals surface area contributed by atoms with Crippen LogP contribution in [0.25, 0.3) is 21.6 Å². The Kier molecular flexibility index (Phi) is 8.14. The van der Waals surface area contributed by atoms with E-state index in [0.717, 1.165) is 6.54 Å². The molecule has 212 valence electrons. The van der Waals surface area contributed by atoms with Crippen LogP contribution in [0.1, 0.15) is 28.6 Å². The van der Waals surface area contributed by atoms with Gasteiger partial charge in [-0.25, -0.2) is 9.37 Å². The van der Waals surface area contributed by atoms with E-state index >= 15 is 0 Å². The van der Waals surface area contributed by atoms with Gasteiger partial charge in [-0.3, -0.25) is 4.79 Å². The number of fused-ring (bicyclic) bond motifs is 1. The number of halogens is 4. The molecule has 0 unspecified atom stereocenters. The number of likely N-dealkylation sites (tertiary alicyclic amines) is 1. The van der Waals surface area contributed by atoms with E-state index < -0.39 is 18.9 Å². The summed E-state index contributed by atoms with van der Waals surface area (Å²) in [5.74, 6) is -0.442. The zero-order chi connectivity index (χ0) is 28.4. The van der Waals surface area contributed by atoms with Crippen LogP contribution in [0.2, 0.25) is 0 Å². The van der Waals surface area contributed by atoms with Crippen LogP contribution in [0.4, 0.5) is 23.2 Å². The molecule has 5 rings (SSSR count). The van der Waals surface area contributed by atoms with Crippen molar-refractivity contribution in [1.29, 1.82) is 0 Å². The van der Waals surface area contributed by atoms with E-state index in [4.69, 9.17) is 0 Å². The molecule has 3 heterocycles. The lowest BCUT2D eigenvalue weighted by atomic mass is 9.88. The highest BCUT2D eigenvalue weighted by atomic mass is 32.1. The van der Waals surface area contributed by atoms with Crippen molar-refractivity contribution < 1.29 is 22.4 Å². The number of nitrogens with zero attached hydrogens (tertiary/aromatic N) is 3. The monoisotopic (exact) mass is 573 g/mol. The van der Waals surface area contributed by atoms with Gasteiger partial charge in [0.25, 0.3) is 5.91 Å². The number of nitrogens with one attached hydrogen (secondary N) is 2. The molecular formula is C29H31F4N5OS. The molecular weight excluding hydrogens is 542 g/mol. The van der Waals surface area contributed by atoms with Gasteiger partial charge in [0.1, 0.15) is 17.7 Å². The highest BCUT2D eigenvalue weighted by Crippen LogP contribution is 2.37. The first-order valence-corrected chi connectivity index (χ1v) is 14.0. The first-order valence-electron chi connectivity index (χ1n) is 13.2. The molecule has 2 N–H and O–H groups in total. The topological polar surface area (TPSA) is 62.2 Å². The van der Waals surface area contributed by atoms with Crippen LogP contribution in [-0.4, -0.2) is 58.9 Å². The number of hydrogen-bond donors (Lipinski definition) is 2. The predicted molar refractivity (Wildman–Crippen MR) is 150 cm³/mol. The predicted octanol–water partition coefficient (Wildman–Crippen LogP) is 6.35. The molecule has 1 aliphatic rings. The molecule has 2 aromatic heterocycles. The van der Waals surface area contributed by atoms with Crippen molar-refractivity contribution in [1.82, 2.24) is 19.8 Å². The molecule has 1 saturated heterocycles. The first-order chi connectivity index (χ1) is 19.1. The molecule has 1 fully saturated rings. The number of piperidine rings is 1. The largest absolute Gasteiger partial charge is 0.406 e. The van der Waals surface area contributed by atoms with E-state index in [1.807, 2.05) is 31.0 Å². The number of carbonyl (C=O) groups is 1. The molecule has 11 heteroatoms. The van der Waals surface area contributed by atoms with Crippen molar-refractivity contribution in [3.05, 3.63) is 71.2 Å². The fourth-order valence-electron chi connectivity index (χ4n) is 5.29. The summed E-state index contributed by atoms with van der Waals surface area (Å²) >= 11 is 1.23. The third kappa shape index (κ3) is 6.31. The van der Waals surface area contributed by atoms with Crippen molar-refractivity contribution in [2.45, 2.75) is 44.8 Å². The zero-order valence-electron chi connectivity index (χ0n) is 22.2. The number of benzene rings is 2. The quantitative estimate of drug-likeness (QED) is 0.241. The fraction of sp³-hybridized carbons (Fsp3) is 0.379. The Morgan fingerprint density at radius 3 is 2.67 bits per heavy atom. The summed E-state index contributed by atoms with van der Waals surface area (Å²) < 4.78 is 57.1. The maximum absolute atomic E-state index is 14.8. The summed E-state index contributed by atoms with van der Waals surface area (Å²) in [6.45, 7) is 2.12. The van der Waals surface area contributed by atoms with Gasteiger partial charge in [0.2, 0.25) is 0 Å². The molecule has 2 aromatic carbocycles. The number of thiazole rings is 1. The Morgan fingerprint density at radius 1 is 1.18 bits per heavy atom. The summed E-state index contributed by atoms with van der Waals surface area (Å²) in [6, 6.07) is 15.5. The number of hydrogen-bond acceptors (Lipinski definition) is 5. The van der Waals surface area contributed by atoms with E-state index in [2.05, 4.69) is 15.6 Å². The average Bonchev–Trinajstić information content (AvgIpc) is 3.52. The second-order valence-electron chi connectivity index (χ2n) is 10.3. The van der Waals surface area contributed by atoms with E-state index in [-0.39, 0.29) is 24.4 Å². The normalized spacial score (nSPS) is 19.1. The highest BCUT2D eigenvalue weighted by molar-refractivity contribution is 7.15. The second kappa shape index (κ2) is 11.6. The molecule has 1 aliphatic heterocycles. The molecule has 3 atom stereocenters. The van der Waals surface area contributed by atoms with E-state index in [0.29, 0.717) is 50.7 Å². The van der Waals surface area contributed by atoms with Gasteiger partial charge in [0.05, 0.1) is 17.8 Å². The van der Waals surface area contributed by atoms with Crippen molar-refractivity contribution in [3.8, 4) is 10.7 Å². The lowest BCUT2D eigenvalue weighted by Gasteiger charge is -2.36. The lowest BCUT2D eigenvalue weighted by molar-refractivity contribution is -0.139. The number of aromatic nitrogens is 2. The van der Waals surface area contributed by atoms with Crippen LogP contribution < -0.4 is 10.6 Å². The van der Waals surface area contributed by atoms with Crippen LogP contribution in [0, 0.1) is 5.92 Å². The van der Waals surface area contributed by atoms with Gasteiger partial charge in [-0.05, 0) is 57.3 Å². The van der Waals surface area contributed by atoms with Crippen LogP contribution in [0.15, 0.2) is 60.8 Å². The van der Waals surface area contributed by atoms with Gasteiger partial charge in [0.15, 0.2) is 0 Å². The Labute approximate surface area is 234 Å². The smallest absolute Gasteiger partial charge is 0.382 e. The van der Waals surface area contributed by atoms with Gasteiger partial charge in [-0.15, -0.1) is 11.3 Å². The number of rotatable bonds is 8. The van der Waals surface area contributed by atoms with Crippen LogP contribution in [-0.2, 0) is 13.1 Å². The Morgan fingerprint density at radius 2 is 1.95 bits per heavy atom. The third-order valence-electron chi connectivity index (χ3n) is 7.34.